The number of hydrogen-bond donors (Lipinski definition) is 3. The van der Waals surface area contributed by atoms with Crippen LogP contribution in [0.2, 0.25) is 0 Å². The minimum atomic E-state index is -0.833. The van der Waals surface area contributed by atoms with E-state index < -0.39 is 11.8 Å². The van der Waals surface area contributed by atoms with Crippen LogP contribution in [-0.4, -0.2) is 60.3 Å². The number of methoxy groups -OCH3 is 1. The van der Waals surface area contributed by atoms with Gasteiger partial charge in [-0.1, -0.05) is 6.07 Å². The summed E-state index contributed by atoms with van der Waals surface area (Å²) in [5, 5.41) is 20.1. The van der Waals surface area contributed by atoms with Crippen LogP contribution in [0.5, 0.6) is 5.75 Å². The summed E-state index contributed by atoms with van der Waals surface area (Å²) in [7, 11) is 1.50. The summed E-state index contributed by atoms with van der Waals surface area (Å²) in [6.45, 7) is -0.577. The predicted molar refractivity (Wildman–Crippen MR) is 72.4 cm³/mol. The van der Waals surface area contributed by atoms with Crippen molar-refractivity contribution < 1.29 is 24.5 Å². The first kappa shape index (κ1) is 15.9. The van der Waals surface area contributed by atoms with E-state index in [-0.39, 0.29) is 26.3 Å². The predicted octanol–water partition coefficient (Wildman–Crippen LogP) is -0.553. The molecule has 0 aliphatic carbocycles. The molecule has 0 heterocycles. The van der Waals surface area contributed by atoms with Crippen molar-refractivity contribution in [2.75, 3.05) is 38.7 Å². The highest BCUT2D eigenvalue weighted by Crippen LogP contribution is 2.16. The lowest BCUT2D eigenvalue weighted by atomic mass is 10.3. The zero-order chi connectivity index (χ0) is 15.0. The van der Waals surface area contributed by atoms with Crippen LogP contribution >= 0.6 is 0 Å². The molecule has 7 nitrogen and oxygen atoms in total. The number of rotatable bonds is 6. The maximum Gasteiger partial charge on any atom is 0.313 e. The zero-order valence-electron chi connectivity index (χ0n) is 11.2. The van der Waals surface area contributed by atoms with Crippen molar-refractivity contribution in [2.45, 2.75) is 0 Å². The molecular weight excluding hydrogens is 264 g/mol. The largest absolute Gasteiger partial charge is 0.497 e. The van der Waals surface area contributed by atoms with E-state index in [0.29, 0.717) is 11.4 Å². The van der Waals surface area contributed by atoms with Crippen LogP contribution in [0.1, 0.15) is 0 Å². The van der Waals surface area contributed by atoms with Gasteiger partial charge in [0.15, 0.2) is 0 Å². The van der Waals surface area contributed by atoms with Gasteiger partial charge in [-0.25, -0.2) is 0 Å². The molecule has 110 valence electrons. The smallest absolute Gasteiger partial charge is 0.313 e. The average Bonchev–Trinajstić information content (AvgIpc) is 2.46. The van der Waals surface area contributed by atoms with Gasteiger partial charge in [-0.2, -0.15) is 0 Å². The molecule has 0 fully saturated rings. The van der Waals surface area contributed by atoms with Gasteiger partial charge in [0.05, 0.1) is 20.3 Å². The number of amides is 2. The standard InChI is InChI=1S/C13H18N2O5/c1-20-11-4-2-3-10(9-11)14-12(18)13(19)15(5-7-16)6-8-17/h2-4,9,16-17H,5-8H2,1H3,(H,14,18). The summed E-state index contributed by atoms with van der Waals surface area (Å²) >= 11 is 0. The molecule has 0 saturated heterocycles. The van der Waals surface area contributed by atoms with Gasteiger partial charge in [0.2, 0.25) is 0 Å². The molecule has 0 aliphatic rings. The number of ether oxygens (including phenoxy) is 1. The third-order valence-corrected chi connectivity index (χ3v) is 2.55. The third kappa shape index (κ3) is 4.52. The number of anilines is 1. The SMILES string of the molecule is COc1cccc(NC(=O)C(=O)N(CCO)CCO)c1. The molecule has 0 unspecified atom stereocenters. The van der Waals surface area contributed by atoms with Crippen LogP contribution in [0.15, 0.2) is 24.3 Å². The number of hydrogen-bond acceptors (Lipinski definition) is 5. The molecule has 20 heavy (non-hydrogen) atoms. The Labute approximate surface area is 116 Å². The molecule has 1 aromatic rings. The van der Waals surface area contributed by atoms with Crippen LogP contribution in [-0.2, 0) is 9.59 Å². The Morgan fingerprint density at radius 2 is 1.90 bits per heavy atom. The molecule has 0 aliphatic heterocycles. The molecule has 7 heteroatoms. The quantitative estimate of drug-likeness (QED) is 0.608. The fourth-order valence-corrected chi connectivity index (χ4v) is 1.59. The molecule has 0 radical (unpaired) electrons. The summed E-state index contributed by atoms with van der Waals surface area (Å²) < 4.78 is 5.01. The van der Waals surface area contributed by atoms with Gasteiger partial charge in [-0.05, 0) is 12.1 Å². The monoisotopic (exact) mass is 282 g/mol. The Hall–Kier alpha value is -2.12. The Morgan fingerprint density at radius 1 is 1.25 bits per heavy atom. The van der Waals surface area contributed by atoms with Crippen molar-refractivity contribution >= 4 is 17.5 Å². The normalized spacial score (nSPS) is 9.95. The van der Waals surface area contributed by atoms with E-state index >= 15 is 0 Å². The maximum absolute atomic E-state index is 11.8. The summed E-state index contributed by atoms with van der Waals surface area (Å²) in [6.07, 6.45) is 0. The van der Waals surface area contributed by atoms with Gasteiger partial charge in [0.1, 0.15) is 5.75 Å². The first-order valence-corrected chi connectivity index (χ1v) is 6.08. The number of nitrogens with zero attached hydrogens (tertiary/aromatic N) is 1. The Bertz CT molecular complexity index is 458. The van der Waals surface area contributed by atoms with Gasteiger partial charge < -0.3 is 25.2 Å². The topological polar surface area (TPSA) is 99.1 Å². The van der Waals surface area contributed by atoms with Crippen LogP contribution < -0.4 is 10.1 Å². The van der Waals surface area contributed by atoms with Crippen molar-refractivity contribution in [3.8, 4) is 5.75 Å². The van der Waals surface area contributed by atoms with Gasteiger partial charge in [-0.15, -0.1) is 0 Å². The zero-order valence-corrected chi connectivity index (χ0v) is 11.2. The van der Waals surface area contributed by atoms with Crippen molar-refractivity contribution in [2.24, 2.45) is 0 Å². The molecular formula is C13H18N2O5. The highest BCUT2D eigenvalue weighted by atomic mass is 16.5. The number of nitrogens with one attached hydrogen (secondary N) is 1. The van der Waals surface area contributed by atoms with E-state index in [1.54, 1.807) is 24.3 Å². The molecule has 0 atom stereocenters. The minimum Gasteiger partial charge on any atom is -0.497 e. The summed E-state index contributed by atoms with van der Waals surface area (Å²) in [5.41, 5.74) is 0.427. The van der Waals surface area contributed by atoms with Crippen LogP contribution in [0.4, 0.5) is 5.69 Å². The molecule has 0 spiro atoms. The van der Waals surface area contributed by atoms with E-state index in [2.05, 4.69) is 5.32 Å². The van der Waals surface area contributed by atoms with E-state index in [1.165, 1.54) is 7.11 Å². The van der Waals surface area contributed by atoms with E-state index in [1.807, 2.05) is 0 Å². The van der Waals surface area contributed by atoms with Crippen molar-refractivity contribution in [1.82, 2.24) is 4.90 Å². The number of aliphatic hydroxyl groups is 2. The highest BCUT2D eigenvalue weighted by Gasteiger charge is 2.21. The van der Waals surface area contributed by atoms with Crippen molar-refractivity contribution in [3.05, 3.63) is 24.3 Å². The van der Waals surface area contributed by atoms with E-state index in [9.17, 15) is 9.59 Å². The highest BCUT2D eigenvalue weighted by molar-refractivity contribution is 6.39. The summed E-state index contributed by atoms with van der Waals surface area (Å²) in [6, 6.07) is 6.59. The number of aliphatic hydroxyl groups excluding tert-OH is 2. The molecule has 1 aromatic carbocycles. The Balaban J connectivity index is 2.70. The molecule has 1 rings (SSSR count). The van der Waals surface area contributed by atoms with Crippen LogP contribution in [0.3, 0.4) is 0 Å². The van der Waals surface area contributed by atoms with E-state index in [0.717, 1.165) is 4.90 Å². The molecule has 0 aromatic heterocycles. The molecule has 3 N–H and O–H groups in total. The molecule has 0 saturated carbocycles. The Kier molecular flexibility index (Phi) is 6.48. The minimum absolute atomic E-state index is 0.00900. The molecule has 0 bridgehead atoms. The number of carbonyl (C=O) groups excluding carboxylic acids is 2. The van der Waals surface area contributed by atoms with E-state index in [4.69, 9.17) is 14.9 Å². The van der Waals surface area contributed by atoms with Gasteiger partial charge >= 0.3 is 11.8 Å². The fourth-order valence-electron chi connectivity index (χ4n) is 1.59. The van der Waals surface area contributed by atoms with Gasteiger partial charge in [-0.3, -0.25) is 9.59 Å². The summed E-state index contributed by atoms with van der Waals surface area (Å²) in [4.78, 5) is 24.7. The lowest BCUT2D eigenvalue weighted by molar-refractivity contribution is -0.143. The van der Waals surface area contributed by atoms with Gasteiger partial charge in [0.25, 0.3) is 0 Å². The maximum atomic E-state index is 11.8. The lowest BCUT2D eigenvalue weighted by Crippen LogP contribution is -2.42. The molecule has 2 amide bonds. The lowest BCUT2D eigenvalue weighted by Gasteiger charge is -2.19. The summed E-state index contributed by atoms with van der Waals surface area (Å²) in [5.74, 6) is -1.09. The van der Waals surface area contributed by atoms with Gasteiger partial charge in [0, 0.05) is 24.8 Å². The first-order chi connectivity index (χ1) is 9.62. The van der Waals surface area contributed by atoms with Crippen LogP contribution in [0, 0.1) is 0 Å². The first-order valence-electron chi connectivity index (χ1n) is 6.08. The average molecular weight is 282 g/mol. The second-order valence-corrected chi connectivity index (χ2v) is 3.93. The number of benzene rings is 1. The number of carbonyl (C=O) groups is 2. The third-order valence-electron chi connectivity index (χ3n) is 2.55. The van der Waals surface area contributed by atoms with Crippen molar-refractivity contribution in [1.29, 1.82) is 0 Å². The fraction of sp³-hybridized carbons (Fsp3) is 0.385. The Morgan fingerprint density at radius 3 is 2.45 bits per heavy atom. The van der Waals surface area contributed by atoms with Crippen LogP contribution in [0.25, 0.3) is 0 Å². The second-order valence-electron chi connectivity index (χ2n) is 3.93. The van der Waals surface area contributed by atoms with Crippen molar-refractivity contribution in [3.63, 3.8) is 0 Å². The second kappa shape index (κ2) is 8.13.